The molecule has 2 aromatic heterocycles. The van der Waals surface area contributed by atoms with Crippen LogP contribution in [0, 0.1) is 6.92 Å². The molecule has 0 saturated heterocycles. The Morgan fingerprint density at radius 1 is 1.27 bits per heavy atom. The second-order valence-corrected chi connectivity index (χ2v) is 7.34. The van der Waals surface area contributed by atoms with Crippen LogP contribution in [0.5, 0.6) is 0 Å². The number of benzene rings is 1. The summed E-state index contributed by atoms with van der Waals surface area (Å²) in [6.07, 6.45) is -2.98. The average Bonchev–Trinajstić information content (AvgIpc) is 2.81. The molecule has 0 radical (unpaired) electrons. The Labute approximate surface area is 158 Å². The van der Waals surface area contributed by atoms with Gasteiger partial charge in [0.25, 0.3) is 0 Å². The maximum absolute atomic E-state index is 12.9. The normalized spacial score (nSPS) is 11.6. The van der Waals surface area contributed by atoms with Crippen molar-refractivity contribution in [3.63, 3.8) is 0 Å². The zero-order valence-electron chi connectivity index (χ0n) is 13.6. The van der Waals surface area contributed by atoms with Crippen molar-refractivity contribution in [3.05, 3.63) is 55.9 Å². The van der Waals surface area contributed by atoms with Crippen LogP contribution in [0.1, 0.15) is 11.3 Å². The van der Waals surface area contributed by atoms with E-state index in [4.69, 9.17) is 0 Å². The number of aromatic nitrogens is 3. The zero-order valence-corrected chi connectivity index (χ0v) is 16.0. The van der Waals surface area contributed by atoms with Crippen molar-refractivity contribution >= 4 is 38.9 Å². The third-order valence-electron chi connectivity index (χ3n) is 3.66. The first-order chi connectivity index (χ1) is 12.1. The highest BCUT2D eigenvalue weighted by atomic mass is 79.9. The minimum atomic E-state index is -4.46. The SMILES string of the molecule is Cc1c(-c2ccnc(Nc3cc(Br)cc(C(F)(F)F)c3)n2)sc(=O)n1C. The lowest BCUT2D eigenvalue weighted by atomic mass is 10.2. The fraction of sp³-hybridized carbons (Fsp3) is 0.188. The molecular weight excluding hydrogens is 433 g/mol. The number of hydrogen-bond donors (Lipinski definition) is 1. The molecule has 0 fully saturated rings. The molecule has 5 nitrogen and oxygen atoms in total. The summed E-state index contributed by atoms with van der Waals surface area (Å²) in [7, 11) is 1.66. The summed E-state index contributed by atoms with van der Waals surface area (Å²) >= 11 is 4.12. The highest BCUT2D eigenvalue weighted by molar-refractivity contribution is 9.10. The second kappa shape index (κ2) is 6.84. The Morgan fingerprint density at radius 2 is 2.00 bits per heavy atom. The predicted molar refractivity (Wildman–Crippen MR) is 97.7 cm³/mol. The molecule has 26 heavy (non-hydrogen) atoms. The number of nitrogens with one attached hydrogen (secondary N) is 1. The van der Waals surface area contributed by atoms with Crippen molar-refractivity contribution in [2.45, 2.75) is 13.1 Å². The number of anilines is 2. The summed E-state index contributed by atoms with van der Waals surface area (Å²) in [4.78, 5) is 20.7. The molecule has 0 bridgehead atoms. The van der Waals surface area contributed by atoms with Gasteiger partial charge in [-0.05, 0) is 31.2 Å². The molecule has 0 atom stereocenters. The van der Waals surface area contributed by atoms with Crippen molar-refractivity contribution in [2.75, 3.05) is 5.32 Å². The largest absolute Gasteiger partial charge is 0.416 e. The standard InChI is InChI=1S/C16H12BrF3N4OS/c1-8-13(26-15(25)24(8)2)12-3-4-21-14(23-12)22-11-6-9(16(18,19)20)5-10(17)7-11/h3-7H,1-2H3,(H,21,22,23). The van der Waals surface area contributed by atoms with Crippen molar-refractivity contribution in [1.82, 2.24) is 14.5 Å². The minimum absolute atomic E-state index is 0.118. The van der Waals surface area contributed by atoms with Gasteiger partial charge in [-0.1, -0.05) is 27.3 Å². The van der Waals surface area contributed by atoms with Crippen LogP contribution in [0.3, 0.4) is 0 Å². The van der Waals surface area contributed by atoms with Gasteiger partial charge in [-0.3, -0.25) is 4.79 Å². The fourth-order valence-electron chi connectivity index (χ4n) is 2.26. The van der Waals surface area contributed by atoms with E-state index in [1.54, 1.807) is 20.0 Å². The molecule has 136 valence electrons. The molecule has 2 heterocycles. The first kappa shape index (κ1) is 18.6. The van der Waals surface area contributed by atoms with Crippen molar-refractivity contribution < 1.29 is 13.2 Å². The van der Waals surface area contributed by atoms with E-state index < -0.39 is 11.7 Å². The van der Waals surface area contributed by atoms with Crippen LogP contribution in [-0.2, 0) is 13.2 Å². The van der Waals surface area contributed by atoms with Gasteiger partial charge in [-0.2, -0.15) is 13.2 Å². The molecule has 3 rings (SSSR count). The molecular formula is C16H12BrF3N4OS. The van der Waals surface area contributed by atoms with E-state index in [9.17, 15) is 18.0 Å². The molecule has 10 heteroatoms. The molecule has 0 unspecified atom stereocenters. The highest BCUT2D eigenvalue weighted by Gasteiger charge is 2.31. The lowest BCUT2D eigenvalue weighted by Crippen LogP contribution is -2.08. The topological polar surface area (TPSA) is 59.8 Å². The van der Waals surface area contributed by atoms with Gasteiger partial charge >= 0.3 is 11.0 Å². The summed E-state index contributed by atoms with van der Waals surface area (Å²) in [5, 5.41) is 2.78. The van der Waals surface area contributed by atoms with Gasteiger partial charge in [0.2, 0.25) is 5.95 Å². The van der Waals surface area contributed by atoms with Crippen molar-refractivity contribution in [3.8, 4) is 10.6 Å². The van der Waals surface area contributed by atoms with Crippen molar-refractivity contribution in [1.29, 1.82) is 0 Å². The Bertz CT molecular complexity index is 1030. The van der Waals surface area contributed by atoms with Crippen molar-refractivity contribution in [2.24, 2.45) is 7.05 Å². The third kappa shape index (κ3) is 3.80. The van der Waals surface area contributed by atoms with E-state index in [1.807, 2.05) is 0 Å². The van der Waals surface area contributed by atoms with Gasteiger partial charge in [0.1, 0.15) is 0 Å². The maximum atomic E-state index is 12.9. The van der Waals surface area contributed by atoms with E-state index in [-0.39, 0.29) is 21.0 Å². The number of halogens is 4. The summed E-state index contributed by atoms with van der Waals surface area (Å²) in [5.41, 5.74) is 0.685. The summed E-state index contributed by atoms with van der Waals surface area (Å²) in [5.74, 6) is 0.136. The fourth-order valence-corrected chi connectivity index (χ4v) is 3.70. The van der Waals surface area contributed by atoms with Crippen LogP contribution in [0.15, 0.2) is 39.7 Å². The van der Waals surface area contributed by atoms with Crippen LogP contribution < -0.4 is 10.2 Å². The first-order valence-electron chi connectivity index (χ1n) is 7.30. The van der Waals surface area contributed by atoms with Gasteiger partial charge in [0.15, 0.2) is 0 Å². The predicted octanol–water partition coefficient (Wildman–Crippen LogP) is 4.74. The van der Waals surface area contributed by atoms with Crippen LogP contribution in [0.25, 0.3) is 10.6 Å². The molecule has 3 aromatic rings. The monoisotopic (exact) mass is 444 g/mol. The van der Waals surface area contributed by atoms with Gasteiger partial charge in [-0.25, -0.2) is 9.97 Å². The van der Waals surface area contributed by atoms with E-state index in [0.29, 0.717) is 10.6 Å². The smallest absolute Gasteiger partial charge is 0.324 e. The highest BCUT2D eigenvalue weighted by Crippen LogP contribution is 2.34. The maximum Gasteiger partial charge on any atom is 0.416 e. The second-order valence-electron chi connectivity index (χ2n) is 5.46. The number of thiazole rings is 1. The minimum Gasteiger partial charge on any atom is -0.324 e. The van der Waals surface area contributed by atoms with Gasteiger partial charge < -0.3 is 9.88 Å². The van der Waals surface area contributed by atoms with Crippen LogP contribution in [0.2, 0.25) is 0 Å². The van der Waals surface area contributed by atoms with E-state index in [2.05, 4.69) is 31.2 Å². The molecule has 0 aliphatic rings. The van der Waals surface area contributed by atoms with E-state index in [0.717, 1.165) is 29.2 Å². The van der Waals surface area contributed by atoms with E-state index in [1.165, 1.54) is 16.8 Å². The van der Waals surface area contributed by atoms with Gasteiger partial charge in [-0.15, -0.1) is 0 Å². The molecule has 0 aliphatic carbocycles. The van der Waals surface area contributed by atoms with Gasteiger partial charge in [0.05, 0.1) is 16.1 Å². The van der Waals surface area contributed by atoms with Crippen LogP contribution >= 0.6 is 27.3 Å². The van der Waals surface area contributed by atoms with Crippen LogP contribution in [-0.4, -0.2) is 14.5 Å². The molecule has 0 spiro atoms. The Kier molecular flexibility index (Phi) is 4.89. The van der Waals surface area contributed by atoms with E-state index >= 15 is 0 Å². The third-order valence-corrected chi connectivity index (χ3v) is 5.28. The molecule has 0 aliphatic heterocycles. The first-order valence-corrected chi connectivity index (χ1v) is 8.91. The van der Waals surface area contributed by atoms with Crippen LogP contribution in [0.4, 0.5) is 24.8 Å². The molecule has 0 saturated carbocycles. The number of rotatable bonds is 3. The Hall–Kier alpha value is -2.20. The molecule has 1 aromatic carbocycles. The lowest BCUT2D eigenvalue weighted by molar-refractivity contribution is -0.137. The molecule has 1 N–H and O–H groups in total. The number of hydrogen-bond acceptors (Lipinski definition) is 5. The lowest BCUT2D eigenvalue weighted by Gasteiger charge is -2.11. The quantitative estimate of drug-likeness (QED) is 0.633. The van der Waals surface area contributed by atoms with Gasteiger partial charge in [0, 0.05) is 29.1 Å². The Balaban J connectivity index is 1.96. The molecule has 0 amide bonds. The average molecular weight is 445 g/mol. The summed E-state index contributed by atoms with van der Waals surface area (Å²) in [6.45, 7) is 1.80. The Morgan fingerprint density at radius 3 is 2.62 bits per heavy atom. The number of nitrogens with zero attached hydrogens (tertiary/aromatic N) is 3. The summed E-state index contributed by atoms with van der Waals surface area (Å²) in [6, 6.07) is 5.11. The summed E-state index contributed by atoms with van der Waals surface area (Å²) < 4.78 is 40.6. The number of alkyl halides is 3. The zero-order chi connectivity index (χ0) is 19.1.